The lowest BCUT2D eigenvalue weighted by atomic mass is 10.1. The number of carbonyl (C=O) groups excluding carboxylic acids is 1. The number of rotatable bonds is 3. The molecule has 6 heteroatoms. The van der Waals surface area contributed by atoms with Gasteiger partial charge in [0.15, 0.2) is 0 Å². The number of alkyl halides is 3. The first-order valence-electron chi connectivity index (χ1n) is 3.84. The lowest BCUT2D eigenvalue weighted by molar-refractivity contribution is -0.175. The van der Waals surface area contributed by atoms with Crippen LogP contribution in [0.4, 0.5) is 13.2 Å². The fraction of sp³-hybridized carbons (Fsp3) is 0.857. The number of nitrogens with one attached hydrogen (secondary N) is 1. The normalized spacial score (nSPS) is 16.5. The molecule has 0 aromatic carbocycles. The highest BCUT2D eigenvalue weighted by atomic mass is 19.4. The Hall–Kier alpha value is -0.780. The van der Waals surface area contributed by atoms with E-state index in [1.165, 1.54) is 6.92 Å². The number of hydrogen-bond donors (Lipinski definition) is 2. The Morgan fingerprint density at radius 1 is 1.54 bits per heavy atom. The van der Waals surface area contributed by atoms with Gasteiger partial charge in [0.2, 0.25) is 0 Å². The molecule has 2 N–H and O–H groups in total. The summed E-state index contributed by atoms with van der Waals surface area (Å²) < 4.78 is 35.0. The number of halogens is 3. The molecule has 0 fully saturated rings. The Morgan fingerprint density at radius 3 is 2.31 bits per heavy atom. The standard InChI is InChI=1S/C7H12F3NO2/c1-3-5(12)4(2)11-6(13)7(8,9)10/h4-5,12H,3H2,1-2H3,(H,11,13). The number of carbonyl (C=O) groups is 1. The maximum absolute atomic E-state index is 11.7. The molecule has 0 aromatic rings. The van der Waals surface area contributed by atoms with Crippen molar-refractivity contribution in [1.82, 2.24) is 5.32 Å². The van der Waals surface area contributed by atoms with E-state index < -0.39 is 24.2 Å². The minimum Gasteiger partial charge on any atom is -0.391 e. The van der Waals surface area contributed by atoms with Crippen molar-refractivity contribution >= 4 is 5.91 Å². The molecular formula is C7H12F3NO2. The highest BCUT2D eigenvalue weighted by Gasteiger charge is 2.39. The minimum absolute atomic E-state index is 0.291. The molecular weight excluding hydrogens is 187 g/mol. The lowest BCUT2D eigenvalue weighted by Crippen LogP contribution is -2.46. The summed E-state index contributed by atoms with van der Waals surface area (Å²) in [6.07, 6.45) is -5.55. The second-order valence-corrected chi connectivity index (χ2v) is 2.74. The quantitative estimate of drug-likeness (QED) is 0.707. The van der Waals surface area contributed by atoms with Crippen LogP contribution in [0.3, 0.4) is 0 Å². The second-order valence-electron chi connectivity index (χ2n) is 2.74. The van der Waals surface area contributed by atoms with Gasteiger partial charge in [-0.3, -0.25) is 4.79 Å². The lowest BCUT2D eigenvalue weighted by Gasteiger charge is -2.19. The molecule has 0 saturated heterocycles. The number of aliphatic hydroxyl groups is 1. The first kappa shape index (κ1) is 12.2. The maximum Gasteiger partial charge on any atom is 0.471 e. The highest BCUT2D eigenvalue weighted by Crippen LogP contribution is 2.14. The van der Waals surface area contributed by atoms with Crippen molar-refractivity contribution in [3.05, 3.63) is 0 Å². The Kier molecular flexibility index (Phi) is 4.19. The van der Waals surface area contributed by atoms with E-state index in [9.17, 15) is 18.0 Å². The summed E-state index contributed by atoms with van der Waals surface area (Å²) in [6, 6.07) is -0.890. The van der Waals surface area contributed by atoms with E-state index >= 15 is 0 Å². The van der Waals surface area contributed by atoms with Crippen LogP contribution in [0, 0.1) is 0 Å². The molecule has 0 aliphatic heterocycles. The van der Waals surface area contributed by atoms with E-state index in [1.54, 1.807) is 12.2 Å². The Balaban J connectivity index is 4.07. The Labute approximate surface area is 73.9 Å². The predicted octanol–water partition coefficient (Wildman–Crippen LogP) is 0.824. The molecule has 0 aromatic heterocycles. The largest absolute Gasteiger partial charge is 0.471 e. The van der Waals surface area contributed by atoms with Gasteiger partial charge in [0, 0.05) is 0 Å². The van der Waals surface area contributed by atoms with Gasteiger partial charge in [0.1, 0.15) is 0 Å². The van der Waals surface area contributed by atoms with Crippen molar-refractivity contribution in [3.8, 4) is 0 Å². The second kappa shape index (κ2) is 4.45. The van der Waals surface area contributed by atoms with Crippen molar-refractivity contribution in [1.29, 1.82) is 0 Å². The monoisotopic (exact) mass is 199 g/mol. The van der Waals surface area contributed by atoms with Gasteiger partial charge in [0.05, 0.1) is 12.1 Å². The summed E-state index contributed by atoms with van der Waals surface area (Å²) in [5.74, 6) is -2.02. The van der Waals surface area contributed by atoms with Gasteiger partial charge in [-0.25, -0.2) is 0 Å². The van der Waals surface area contributed by atoms with Crippen molar-refractivity contribution in [2.45, 2.75) is 38.6 Å². The van der Waals surface area contributed by atoms with Crippen LogP contribution in [-0.2, 0) is 4.79 Å². The minimum atomic E-state index is -4.89. The van der Waals surface area contributed by atoms with E-state index in [4.69, 9.17) is 5.11 Å². The summed E-state index contributed by atoms with van der Waals surface area (Å²) >= 11 is 0. The van der Waals surface area contributed by atoms with Crippen molar-refractivity contribution in [3.63, 3.8) is 0 Å². The van der Waals surface area contributed by atoms with Crippen LogP contribution in [0.5, 0.6) is 0 Å². The zero-order valence-corrected chi connectivity index (χ0v) is 7.35. The summed E-state index contributed by atoms with van der Waals surface area (Å²) in [5.41, 5.74) is 0. The number of hydrogen-bond acceptors (Lipinski definition) is 2. The third-order valence-corrected chi connectivity index (χ3v) is 1.61. The summed E-state index contributed by atoms with van der Waals surface area (Å²) in [5, 5.41) is 10.7. The van der Waals surface area contributed by atoms with Gasteiger partial charge < -0.3 is 10.4 Å². The van der Waals surface area contributed by atoms with Crippen molar-refractivity contribution in [2.75, 3.05) is 0 Å². The Morgan fingerprint density at radius 2 is 2.00 bits per heavy atom. The molecule has 2 unspecified atom stereocenters. The van der Waals surface area contributed by atoms with Gasteiger partial charge in [-0.15, -0.1) is 0 Å². The van der Waals surface area contributed by atoms with Crippen molar-refractivity contribution < 1.29 is 23.1 Å². The molecule has 78 valence electrons. The smallest absolute Gasteiger partial charge is 0.391 e. The third kappa shape index (κ3) is 4.12. The summed E-state index contributed by atoms with van der Waals surface area (Å²) in [4.78, 5) is 10.3. The predicted molar refractivity (Wildman–Crippen MR) is 40.0 cm³/mol. The van der Waals surface area contributed by atoms with E-state index in [0.29, 0.717) is 6.42 Å². The van der Waals surface area contributed by atoms with Gasteiger partial charge in [-0.1, -0.05) is 6.92 Å². The summed E-state index contributed by atoms with van der Waals surface area (Å²) in [6.45, 7) is 2.93. The molecule has 0 rings (SSSR count). The van der Waals surface area contributed by atoms with Crippen LogP contribution in [-0.4, -0.2) is 29.3 Å². The van der Waals surface area contributed by atoms with Crippen LogP contribution in [0.25, 0.3) is 0 Å². The van der Waals surface area contributed by atoms with Crippen molar-refractivity contribution in [2.24, 2.45) is 0 Å². The van der Waals surface area contributed by atoms with Gasteiger partial charge >= 0.3 is 12.1 Å². The van der Waals surface area contributed by atoms with E-state index in [-0.39, 0.29) is 0 Å². The van der Waals surface area contributed by atoms with Gasteiger partial charge in [-0.2, -0.15) is 13.2 Å². The van der Waals surface area contributed by atoms with Crippen LogP contribution >= 0.6 is 0 Å². The molecule has 0 bridgehead atoms. The molecule has 0 radical (unpaired) electrons. The molecule has 0 aliphatic carbocycles. The van der Waals surface area contributed by atoms with Gasteiger partial charge in [-0.05, 0) is 13.3 Å². The van der Waals surface area contributed by atoms with Crippen LogP contribution in [0.1, 0.15) is 20.3 Å². The zero-order valence-electron chi connectivity index (χ0n) is 7.35. The Bertz CT molecular complexity index is 181. The van der Waals surface area contributed by atoms with E-state index in [2.05, 4.69) is 0 Å². The number of aliphatic hydroxyl groups excluding tert-OH is 1. The number of amides is 1. The van der Waals surface area contributed by atoms with Crippen LogP contribution in [0.2, 0.25) is 0 Å². The zero-order chi connectivity index (χ0) is 10.6. The van der Waals surface area contributed by atoms with Crippen LogP contribution < -0.4 is 5.32 Å². The molecule has 2 atom stereocenters. The molecule has 0 spiro atoms. The molecule has 13 heavy (non-hydrogen) atoms. The molecule has 0 saturated carbocycles. The fourth-order valence-electron chi connectivity index (χ4n) is 0.738. The molecule has 0 heterocycles. The van der Waals surface area contributed by atoms with Crippen LogP contribution in [0.15, 0.2) is 0 Å². The SMILES string of the molecule is CCC(O)C(C)NC(=O)C(F)(F)F. The highest BCUT2D eigenvalue weighted by molar-refractivity contribution is 5.81. The topological polar surface area (TPSA) is 49.3 Å². The average molecular weight is 199 g/mol. The first-order valence-corrected chi connectivity index (χ1v) is 3.84. The summed E-state index contributed by atoms with van der Waals surface area (Å²) in [7, 11) is 0. The third-order valence-electron chi connectivity index (χ3n) is 1.61. The maximum atomic E-state index is 11.7. The van der Waals surface area contributed by atoms with Gasteiger partial charge in [0.25, 0.3) is 0 Å². The molecule has 0 aliphatic rings. The average Bonchev–Trinajstić information content (AvgIpc) is 2.01. The molecule has 3 nitrogen and oxygen atoms in total. The van der Waals surface area contributed by atoms with E-state index in [1.807, 2.05) is 0 Å². The van der Waals surface area contributed by atoms with E-state index in [0.717, 1.165) is 0 Å². The molecule has 1 amide bonds. The first-order chi connectivity index (χ1) is 5.79. The fourth-order valence-corrected chi connectivity index (χ4v) is 0.738.